The highest BCUT2D eigenvalue weighted by atomic mass is 28.3. The molecule has 1 atom stereocenters. The Morgan fingerprint density at radius 2 is 1.85 bits per heavy atom. The normalized spacial score (nSPS) is 21.9. The van der Waals surface area contributed by atoms with Crippen LogP contribution in [0.25, 0.3) is 0 Å². The Bertz CT molecular complexity index is 473. The van der Waals surface area contributed by atoms with Gasteiger partial charge >= 0.3 is 0 Å². The van der Waals surface area contributed by atoms with Crippen molar-refractivity contribution in [1.29, 1.82) is 0 Å². The van der Waals surface area contributed by atoms with E-state index in [2.05, 4.69) is 70.3 Å². The molecule has 1 aliphatic rings. The van der Waals surface area contributed by atoms with Gasteiger partial charge in [-0.05, 0) is 39.7 Å². The fourth-order valence-electron chi connectivity index (χ4n) is 2.95. The molecule has 20 heavy (non-hydrogen) atoms. The average molecular weight is 289 g/mol. The summed E-state index contributed by atoms with van der Waals surface area (Å²) in [4.78, 5) is 0. The third-order valence-electron chi connectivity index (χ3n) is 4.52. The molecular weight excluding hydrogens is 260 g/mol. The van der Waals surface area contributed by atoms with E-state index in [9.17, 15) is 0 Å². The Hall–Kier alpha value is -0.863. The van der Waals surface area contributed by atoms with Crippen LogP contribution in [0, 0.1) is 0 Å². The number of benzene rings is 1. The fourth-order valence-corrected chi connectivity index (χ4v) is 5.76. The second-order valence-corrected chi connectivity index (χ2v) is 11.8. The maximum Gasteiger partial charge on any atom is 0.0892 e. The predicted octanol–water partition coefficient (Wildman–Crippen LogP) is 4.51. The van der Waals surface area contributed by atoms with Crippen LogP contribution in [0.1, 0.15) is 33.6 Å². The van der Waals surface area contributed by atoms with Crippen LogP contribution < -0.4 is 5.19 Å². The molecule has 0 saturated carbocycles. The van der Waals surface area contributed by atoms with Gasteiger partial charge in [0.2, 0.25) is 0 Å². The second kappa shape index (κ2) is 5.86. The lowest BCUT2D eigenvalue weighted by atomic mass is 10.0. The van der Waals surface area contributed by atoms with Gasteiger partial charge in [-0.15, -0.1) is 0 Å². The van der Waals surface area contributed by atoms with Gasteiger partial charge in [-0.1, -0.05) is 60.3 Å². The van der Waals surface area contributed by atoms with Crippen molar-refractivity contribution in [3.8, 4) is 0 Å². The Labute approximate surface area is 125 Å². The lowest BCUT2D eigenvalue weighted by Crippen LogP contribution is -2.41. The molecule has 2 heteroatoms. The van der Waals surface area contributed by atoms with Crippen LogP contribution in [0.3, 0.4) is 0 Å². The smallest absolute Gasteiger partial charge is 0.0892 e. The first kappa shape index (κ1) is 15.5. The highest BCUT2D eigenvalue weighted by molar-refractivity contribution is 6.90. The molecule has 1 heterocycles. The van der Waals surface area contributed by atoms with Crippen LogP contribution in [0.2, 0.25) is 19.1 Å². The molecule has 0 aromatic heterocycles. The topological polar surface area (TPSA) is 12.5 Å². The van der Waals surface area contributed by atoms with Crippen molar-refractivity contribution < 1.29 is 4.74 Å². The van der Waals surface area contributed by atoms with Gasteiger partial charge in [0.1, 0.15) is 0 Å². The van der Waals surface area contributed by atoms with E-state index in [1.165, 1.54) is 18.9 Å². The highest BCUT2D eigenvalue weighted by Crippen LogP contribution is 2.39. The van der Waals surface area contributed by atoms with Crippen LogP contribution >= 0.6 is 0 Å². The second-order valence-electron chi connectivity index (χ2n) is 7.12. The molecule has 0 bridgehead atoms. The van der Waals surface area contributed by atoms with E-state index in [0.717, 1.165) is 0 Å². The molecule has 1 saturated heterocycles. The fraction of sp³-hybridized carbons (Fsp3) is 0.556. The van der Waals surface area contributed by atoms with Gasteiger partial charge in [-0.2, -0.15) is 0 Å². The van der Waals surface area contributed by atoms with E-state index in [1.54, 1.807) is 10.8 Å². The molecule has 110 valence electrons. The number of hydrogen-bond acceptors (Lipinski definition) is 1. The molecule has 0 amide bonds. The van der Waals surface area contributed by atoms with E-state index < -0.39 is 8.07 Å². The van der Waals surface area contributed by atoms with Gasteiger partial charge in [-0.25, -0.2) is 0 Å². The summed E-state index contributed by atoms with van der Waals surface area (Å²) >= 11 is 0. The van der Waals surface area contributed by atoms with Crippen molar-refractivity contribution in [3.63, 3.8) is 0 Å². The van der Waals surface area contributed by atoms with Crippen LogP contribution in [0.4, 0.5) is 0 Å². The zero-order valence-corrected chi connectivity index (χ0v) is 14.6. The van der Waals surface area contributed by atoms with Crippen molar-refractivity contribution >= 4 is 13.3 Å². The van der Waals surface area contributed by atoms with E-state index in [0.29, 0.717) is 6.10 Å². The third kappa shape index (κ3) is 3.83. The Morgan fingerprint density at radius 3 is 2.35 bits per heavy atom. The van der Waals surface area contributed by atoms with Crippen LogP contribution in [-0.2, 0) is 4.74 Å². The van der Waals surface area contributed by atoms with Crippen LogP contribution in [-0.4, -0.2) is 19.8 Å². The Balaban J connectivity index is 1.93. The molecule has 1 nitrogen and oxygen atoms in total. The van der Waals surface area contributed by atoms with Crippen molar-refractivity contribution in [3.05, 3.63) is 42.0 Å². The van der Waals surface area contributed by atoms with Gasteiger partial charge < -0.3 is 4.74 Å². The third-order valence-corrected chi connectivity index (χ3v) is 7.76. The maximum atomic E-state index is 5.70. The minimum Gasteiger partial charge on any atom is -0.367 e. The molecule has 0 spiro atoms. The summed E-state index contributed by atoms with van der Waals surface area (Å²) in [6.07, 6.45) is 5.16. The molecular formula is C18H28OSi. The van der Waals surface area contributed by atoms with Crippen molar-refractivity contribution in [1.82, 2.24) is 0 Å². The molecule has 2 rings (SSSR count). The Kier molecular flexibility index (Phi) is 4.55. The van der Waals surface area contributed by atoms with Gasteiger partial charge in [0, 0.05) is 0 Å². The first-order chi connectivity index (χ1) is 9.35. The van der Waals surface area contributed by atoms with Crippen molar-refractivity contribution in [2.24, 2.45) is 0 Å². The molecule has 0 N–H and O–H groups in total. The first-order valence-electron chi connectivity index (χ1n) is 7.72. The van der Waals surface area contributed by atoms with E-state index in [-0.39, 0.29) is 5.60 Å². The largest absolute Gasteiger partial charge is 0.367 e. The summed E-state index contributed by atoms with van der Waals surface area (Å²) < 4.78 is 5.70. The molecule has 1 aromatic carbocycles. The number of hydrogen-bond donors (Lipinski definition) is 0. The summed E-state index contributed by atoms with van der Waals surface area (Å²) in [5, 5.41) is 1.56. The minimum atomic E-state index is -1.36. The summed E-state index contributed by atoms with van der Waals surface area (Å²) in [6, 6.07) is 12.3. The summed E-state index contributed by atoms with van der Waals surface area (Å²) in [7, 11) is -1.36. The molecule has 1 unspecified atom stereocenters. The van der Waals surface area contributed by atoms with Gasteiger partial charge in [0.05, 0.1) is 19.8 Å². The molecule has 0 radical (unpaired) electrons. The first-order valence-corrected chi connectivity index (χ1v) is 10.9. The molecule has 1 aromatic rings. The average Bonchev–Trinajstić information content (AvgIpc) is 3.03. The molecule has 1 aliphatic heterocycles. The van der Waals surface area contributed by atoms with Crippen LogP contribution in [0.5, 0.6) is 0 Å². The number of epoxide rings is 1. The SMILES string of the molecule is CC=C(CCC1OC1(C)C)C[Si](C)(C)c1ccccc1. The number of rotatable bonds is 6. The van der Waals surface area contributed by atoms with Gasteiger partial charge in [-0.3, -0.25) is 0 Å². The molecule has 0 aliphatic carbocycles. The predicted molar refractivity (Wildman–Crippen MR) is 90.3 cm³/mol. The highest BCUT2D eigenvalue weighted by Gasteiger charge is 2.46. The van der Waals surface area contributed by atoms with Crippen LogP contribution in [0.15, 0.2) is 42.0 Å². The lowest BCUT2D eigenvalue weighted by Gasteiger charge is -2.24. The standard InChI is InChI=1S/C18H28OSi/c1-6-15(12-13-17-18(2,3)19-17)14-20(4,5)16-10-8-7-9-11-16/h6-11,17H,12-14H2,1-5H3. The Morgan fingerprint density at radius 1 is 1.25 bits per heavy atom. The van der Waals surface area contributed by atoms with Crippen molar-refractivity contribution in [2.75, 3.05) is 0 Å². The zero-order valence-electron chi connectivity index (χ0n) is 13.6. The summed E-state index contributed by atoms with van der Waals surface area (Å²) in [5.74, 6) is 0. The zero-order chi connectivity index (χ0) is 14.8. The van der Waals surface area contributed by atoms with Crippen molar-refractivity contribution in [2.45, 2.75) is 64.5 Å². The minimum absolute atomic E-state index is 0.130. The summed E-state index contributed by atoms with van der Waals surface area (Å²) in [6.45, 7) is 11.5. The lowest BCUT2D eigenvalue weighted by molar-refractivity contribution is 0.320. The van der Waals surface area contributed by atoms with Gasteiger partial charge in [0.25, 0.3) is 0 Å². The number of allylic oxidation sites excluding steroid dienone is 2. The monoisotopic (exact) mass is 288 g/mol. The maximum absolute atomic E-state index is 5.70. The number of ether oxygens (including phenoxy) is 1. The van der Waals surface area contributed by atoms with E-state index >= 15 is 0 Å². The van der Waals surface area contributed by atoms with Gasteiger partial charge in [0.15, 0.2) is 0 Å². The van der Waals surface area contributed by atoms with E-state index in [1.807, 2.05) is 0 Å². The molecule has 1 fully saturated rings. The van der Waals surface area contributed by atoms with E-state index in [4.69, 9.17) is 4.74 Å². The summed E-state index contributed by atoms with van der Waals surface area (Å²) in [5.41, 5.74) is 1.74. The quantitative estimate of drug-likeness (QED) is 0.426.